The molecule has 0 aromatic carbocycles. The molecule has 0 amide bonds. The van der Waals surface area contributed by atoms with Crippen LogP contribution in [0.5, 0.6) is 0 Å². The number of hydrogen-bond donors (Lipinski definition) is 0. The average molecular weight is 265 g/mol. The van der Waals surface area contributed by atoms with Crippen molar-refractivity contribution in [3.8, 4) is 0 Å². The van der Waals surface area contributed by atoms with Gasteiger partial charge in [0.1, 0.15) is 0 Å². The van der Waals surface area contributed by atoms with Crippen molar-refractivity contribution < 1.29 is 4.74 Å². The van der Waals surface area contributed by atoms with Gasteiger partial charge < -0.3 is 4.74 Å². The third-order valence-electron chi connectivity index (χ3n) is 2.50. The summed E-state index contributed by atoms with van der Waals surface area (Å²) in [6.07, 6.45) is 6.46. The van der Waals surface area contributed by atoms with Gasteiger partial charge in [-0.05, 0) is 18.3 Å². The summed E-state index contributed by atoms with van der Waals surface area (Å²) < 4.78 is 5.01. The van der Waals surface area contributed by atoms with Gasteiger partial charge in [-0.1, -0.05) is 56.0 Å². The van der Waals surface area contributed by atoms with Crippen molar-refractivity contribution in [2.24, 2.45) is 5.41 Å². The number of rotatable bonds is 7. The van der Waals surface area contributed by atoms with Crippen LogP contribution in [0.3, 0.4) is 0 Å². The Labute approximate surface area is 97.7 Å². The molecular formula is C12H25BrO. The van der Waals surface area contributed by atoms with Crippen LogP contribution in [0.2, 0.25) is 0 Å². The van der Waals surface area contributed by atoms with Gasteiger partial charge in [0.05, 0.1) is 0 Å². The monoisotopic (exact) mass is 264 g/mol. The first-order valence-electron chi connectivity index (χ1n) is 5.61. The number of alkyl halides is 1. The Bertz CT molecular complexity index is 129. The largest absolute Gasteiger partial charge is 0.385 e. The predicted octanol–water partition coefficient (Wildman–Crippen LogP) is 4.39. The molecule has 2 heteroatoms. The van der Waals surface area contributed by atoms with Gasteiger partial charge in [-0.3, -0.25) is 0 Å². The molecule has 0 aliphatic rings. The number of methoxy groups -OCH3 is 1. The SMILES string of the molecule is COCCCCCCC(Br)C(C)(C)C. The number of ether oxygens (including phenoxy) is 1. The van der Waals surface area contributed by atoms with Crippen molar-refractivity contribution in [2.45, 2.75) is 57.7 Å². The maximum absolute atomic E-state index is 5.01. The van der Waals surface area contributed by atoms with Crippen molar-refractivity contribution >= 4 is 15.9 Å². The molecule has 0 aromatic rings. The van der Waals surface area contributed by atoms with E-state index >= 15 is 0 Å². The minimum Gasteiger partial charge on any atom is -0.385 e. The van der Waals surface area contributed by atoms with Crippen LogP contribution < -0.4 is 0 Å². The molecule has 0 spiro atoms. The average Bonchev–Trinajstić information content (AvgIpc) is 2.09. The van der Waals surface area contributed by atoms with Crippen molar-refractivity contribution in [2.75, 3.05) is 13.7 Å². The number of halogens is 1. The minimum absolute atomic E-state index is 0.395. The maximum Gasteiger partial charge on any atom is 0.0462 e. The molecule has 0 aliphatic heterocycles. The van der Waals surface area contributed by atoms with Crippen molar-refractivity contribution in [3.05, 3.63) is 0 Å². The van der Waals surface area contributed by atoms with Gasteiger partial charge in [-0.25, -0.2) is 0 Å². The number of hydrogen-bond acceptors (Lipinski definition) is 1. The van der Waals surface area contributed by atoms with Gasteiger partial charge in [0, 0.05) is 18.5 Å². The summed E-state index contributed by atoms with van der Waals surface area (Å²) in [4.78, 5) is 0.650. The highest BCUT2D eigenvalue weighted by Crippen LogP contribution is 2.30. The zero-order valence-electron chi connectivity index (χ0n) is 10.1. The van der Waals surface area contributed by atoms with Gasteiger partial charge >= 0.3 is 0 Å². The Morgan fingerprint density at radius 2 is 1.64 bits per heavy atom. The topological polar surface area (TPSA) is 9.23 Å². The third kappa shape index (κ3) is 7.81. The zero-order valence-corrected chi connectivity index (χ0v) is 11.7. The molecule has 86 valence electrons. The Hall–Kier alpha value is 0.440. The fourth-order valence-electron chi connectivity index (χ4n) is 1.36. The van der Waals surface area contributed by atoms with Gasteiger partial charge in [-0.15, -0.1) is 0 Å². The fraction of sp³-hybridized carbons (Fsp3) is 1.00. The van der Waals surface area contributed by atoms with Crippen molar-refractivity contribution in [3.63, 3.8) is 0 Å². The van der Waals surface area contributed by atoms with Crippen LogP contribution in [0.15, 0.2) is 0 Å². The Morgan fingerprint density at radius 3 is 2.14 bits per heavy atom. The van der Waals surface area contributed by atoms with Gasteiger partial charge in [0.25, 0.3) is 0 Å². The highest BCUT2D eigenvalue weighted by molar-refractivity contribution is 9.09. The molecule has 0 radical (unpaired) electrons. The molecule has 1 atom stereocenters. The van der Waals surface area contributed by atoms with E-state index in [1.54, 1.807) is 7.11 Å². The highest BCUT2D eigenvalue weighted by atomic mass is 79.9. The van der Waals surface area contributed by atoms with E-state index in [1.165, 1.54) is 32.1 Å². The van der Waals surface area contributed by atoms with E-state index in [0.29, 0.717) is 10.2 Å². The Kier molecular flexibility index (Phi) is 7.94. The number of unbranched alkanes of at least 4 members (excludes halogenated alkanes) is 3. The van der Waals surface area contributed by atoms with E-state index in [9.17, 15) is 0 Å². The molecule has 1 unspecified atom stereocenters. The molecule has 0 heterocycles. The molecule has 0 saturated heterocycles. The van der Waals surface area contributed by atoms with E-state index < -0.39 is 0 Å². The van der Waals surface area contributed by atoms with Crippen molar-refractivity contribution in [1.29, 1.82) is 0 Å². The second-order valence-corrected chi connectivity index (χ2v) is 6.13. The Morgan fingerprint density at radius 1 is 1.07 bits per heavy atom. The summed E-state index contributed by atoms with van der Waals surface area (Å²) in [6, 6.07) is 0. The van der Waals surface area contributed by atoms with Gasteiger partial charge in [0.2, 0.25) is 0 Å². The summed E-state index contributed by atoms with van der Waals surface area (Å²) in [6.45, 7) is 7.78. The predicted molar refractivity (Wildman–Crippen MR) is 67.1 cm³/mol. The summed E-state index contributed by atoms with van der Waals surface area (Å²) in [5, 5.41) is 0. The summed E-state index contributed by atoms with van der Waals surface area (Å²) >= 11 is 3.76. The molecule has 14 heavy (non-hydrogen) atoms. The van der Waals surface area contributed by atoms with E-state index in [2.05, 4.69) is 36.7 Å². The van der Waals surface area contributed by atoms with Gasteiger partial charge in [0.15, 0.2) is 0 Å². The van der Waals surface area contributed by atoms with E-state index in [4.69, 9.17) is 4.74 Å². The van der Waals surface area contributed by atoms with Crippen LogP contribution in [0.4, 0.5) is 0 Å². The lowest BCUT2D eigenvalue weighted by atomic mass is 9.89. The molecule has 0 aromatic heterocycles. The standard InChI is InChI=1S/C12H25BrO/c1-12(2,3)11(13)9-7-5-6-8-10-14-4/h11H,5-10H2,1-4H3. The lowest BCUT2D eigenvalue weighted by Crippen LogP contribution is -2.19. The quantitative estimate of drug-likeness (QED) is 0.490. The molecule has 0 saturated carbocycles. The Balaban J connectivity index is 3.28. The van der Waals surface area contributed by atoms with Crippen LogP contribution in [0, 0.1) is 5.41 Å². The normalized spacial score (nSPS) is 14.4. The molecule has 0 fully saturated rings. The van der Waals surface area contributed by atoms with Crippen LogP contribution in [-0.4, -0.2) is 18.5 Å². The molecular weight excluding hydrogens is 240 g/mol. The van der Waals surface area contributed by atoms with Crippen LogP contribution in [0.1, 0.15) is 52.9 Å². The first-order valence-corrected chi connectivity index (χ1v) is 6.53. The minimum atomic E-state index is 0.395. The first kappa shape index (κ1) is 14.4. The van der Waals surface area contributed by atoms with Crippen molar-refractivity contribution in [1.82, 2.24) is 0 Å². The molecule has 0 aliphatic carbocycles. The van der Waals surface area contributed by atoms with E-state index in [-0.39, 0.29) is 0 Å². The fourth-order valence-corrected chi connectivity index (χ4v) is 1.68. The lowest BCUT2D eigenvalue weighted by Gasteiger charge is -2.25. The zero-order chi connectivity index (χ0) is 11.0. The highest BCUT2D eigenvalue weighted by Gasteiger charge is 2.20. The molecule has 1 nitrogen and oxygen atoms in total. The van der Waals surface area contributed by atoms with E-state index in [1.807, 2.05) is 0 Å². The van der Waals surface area contributed by atoms with Crippen LogP contribution in [-0.2, 0) is 4.74 Å². The smallest absolute Gasteiger partial charge is 0.0462 e. The van der Waals surface area contributed by atoms with Crippen LogP contribution in [0.25, 0.3) is 0 Å². The second-order valence-electron chi connectivity index (χ2n) is 5.03. The maximum atomic E-state index is 5.01. The lowest BCUT2D eigenvalue weighted by molar-refractivity contribution is 0.191. The van der Waals surface area contributed by atoms with Crippen LogP contribution >= 0.6 is 15.9 Å². The van der Waals surface area contributed by atoms with Gasteiger partial charge in [-0.2, -0.15) is 0 Å². The second kappa shape index (κ2) is 7.70. The molecule has 0 rings (SSSR count). The summed E-state index contributed by atoms with van der Waals surface area (Å²) in [7, 11) is 1.77. The summed E-state index contributed by atoms with van der Waals surface area (Å²) in [5.41, 5.74) is 0.395. The first-order chi connectivity index (χ1) is 6.48. The molecule has 0 N–H and O–H groups in total. The van der Waals surface area contributed by atoms with E-state index in [0.717, 1.165) is 6.61 Å². The molecule has 0 bridgehead atoms. The third-order valence-corrected chi connectivity index (χ3v) is 4.33. The summed E-state index contributed by atoms with van der Waals surface area (Å²) in [5.74, 6) is 0.